The van der Waals surface area contributed by atoms with Crippen LogP contribution in [0.2, 0.25) is 0 Å². The van der Waals surface area contributed by atoms with E-state index in [2.05, 4.69) is 34.3 Å². The largest absolute Gasteiger partial charge is 0.374 e. The van der Waals surface area contributed by atoms with Gasteiger partial charge in [-0.25, -0.2) is 5.10 Å². The van der Waals surface area contributed by atoms with Gasteiger partial charge < -0.3 is 10.1 Å². The Hall–Kier alpha value is -2.25. The molecule has 1 atom stereocenters. The SMILES string of the molecule is CC(C)CN1CCOC(CNC(=O)c2n[nH]c(=O)c3ccccc23)C1. The van der Waals surface area contributed by atoms with E-state index in [9.17, 15) is 9.59 Å². The van der Waals surface area contributed by atoms with Crippen molar-refractivity contribution in [3.63, 3.8) is 0 Å². The van der Waals surface area contributed by atoms with Gasteiger partial charge in [-0.2, -0.15) is 5.10 Å². The van der Waals surface area contributed by atoms with Gasteiger partial charge in [0.1, 0.15) is 0 Å². The average molecular weight is 344 g/mol. The van der Waals surface area contributed by atoms with Gasteiger partial charge in [0.15, 0.2) is 5.69 Å². The number of carbonyl (C=O) groups excluding carboxylic acids is 1. The number of amides is 1. The second kappa shape index (κ2) is 7.76. The fraction of sp³-hybridized carbons (Fsp3) is 0.500. The number of morpholine rings is 1. The summed E-state index contributed by atoms with van der Waals surface area (Å²) in [6.07, 6.45) is -0.0366. The highest BCUT2D eigenvalue weighted by Crippen LogP contribution is 2.12. The van der Waals surface area contributed by atoms with Gasteiger partial charge in [-0.1, -0.05) is 32.0 Å². The van der Waals surface area contributed by atoms with E-state index in [1.807, 2.05) is 0 Å². The molecule has 1 fully saturated rings. The van der Waals surface area contributed by atoms with Crippen LogP contribution in [0.5, 0.6) is 0 Å². The number of ether oxygens (including phenoxy) is 1. The smallest absolute Gasteiger partial charge is 0.272 e. The molecule has 1 aromatic carbocycles. The predicted molar refractivity (Wildman–Crippen MR) is 95.7 cm³/mol. The summed E-state index contributed by atoms with van der Waals surface area (Å²) in [5, 5.41) is 10.2. The second-order valence-electron chi connectivity index (χ2n) is 6.80. The predicted octanol–water partition coefficient (Wildman–Crippen LogP) is 1.01. The summed E-state index contributed by atoms with van der Waals surface area (Å²) in [7, 11) is 0. The Kier molecular flexibility index (Phi) is 5.45. The van der Waals surface area contributed by atoms with Crippen molar-refractivity contribution in [2.24, 2.45) is 5.92 Å². The van der Waals surface area contributed by atoms with E-state index >= 15 is 0 Å². The third-order valence-electron chi connectivity index (χ3n) is 4.25. The van der Waals surface area contributed by atoms with Crippen LogP contribution in [-0.2, 0) is 4.74 Å². The van der Waals surface area contributed by atoms with Gasteiger partial charge in [-0.3, -0.25) is 14.5 Å². The summed E-state index contributed by atoms with van der Waals surface area (Å²) >= 11 is 0. The second-order valence-corrected chi connectivity index (χ2v) is 6.80. The molecule has 25 heavy (non-hydrogen) atoms. The van der Waals surface area contributed by atoms with Crippen molar-refractivity contribution in [3.8, 4) is 0 Å². The van der Waals surface area contributed by atoms with E-state index < -0.39 is 0 Å². The van der Waals surface area contributed by atoms with Crippen molar-refractivity contribution in [1.29, 1.82) is 0 Å². The summed E-state index contributed by atoms with van der Waals surface area (Å²) in [5.41, 5.74) is -0.0721. The Labute approximate surface area is 146 Å². The van der Waals surface area contributed by atoms with Crippen molar-refractivity contribution < 1.29 is 9.53 Å². The van der Waals surface area contributed by atoms with E-state index in [0.29, 0.717) is 29.8 Å². The highest BCUT2D eigenvalue weighted by Gasteiger charge is 2.22. The number of nitrogens with one attached hydrogen (secondary N) is 2. The third-order valence-corrected chi connectivity index (χ3v) is 4.25. The van der Waals surface area contributed by atoms with Crippen LogP contribution in [-0.4, -0.2) is 59.9 Å². The molecule has 0 bridgehead atoms. The minimum atomic E-state index is -0.308. The number of carbonyl (C=O) groups is 1. The van der Waals surface area contributed by atoms with E-state index in [1.165, 1.54) is 0 Å². The molecule has 0 aliphatic carbocycles. The number of fused-ring (bicyclic) bond motifs is 1. The first kappa shape index (κ1) is 17.6. The molecule has 1 unspecified atom stereocenters. The number of hydrogen-bond donors (Lipinski definition) is 2. The summed E-state index contributed by atoms with van der Waals surface area (Å²) in [6.45, 7) is 8.24. The number of benzene rings is 1. The molecular formula is C18H24N4O3. The molecule has 1 aliphatic rings. The van der Waals surface area contributed by atoms with Crippen molar-refractivity contribution in [1.82, 2.24) is 20.4 Å². The third kappa shape index (κ3) is 4.24. The maximum Gasteiger partial charge on any atom is 0.272 e. The average Bonchev–Trinajstić information content (AvgIpc) is 2.60. The molecule has 1 amide bonds. The van der Waals surface area contributed by atoms with Crippen LogP contribution in [0.25, 0.3) is 10.8 Å². The lowest BCUT2D eigenvalue weighted by atomic mass is 10.1. The van der Waals surface area contributed by atoms with Gasteiger partial charge in [0, 0.05) is 31.6 Å². The molecule has 2 N–H and O–H groups in total. The van der Waals surface area contributed by atoms with Crippen LogP contribution in [0.3, 0.4) is 0 Å². The molecule has 1 saturated heterocycles. The molecule has 7 heteroatoms. The van der Waals surface area contributed by atoms with E-state index in [0.717, 1.165) is 19.6 Å². The van der Waals surface area contributed by atoms with E-state index in [1.54, 1.807) is 24.3 Å². The van der Waals surface area contributed by atoms with Gasteiger partial charge in [0.2, 0.25) is 0 Å². The minimum absolute atomic E-state index is 0.0366. The van der Waals surface area contributed by atoms with Gasteiger partial charge in [-0.15, -0.1) is 0 Å². The van der Waals surface area contributed by atoms with Gasteiger partial charge in [0.25, 0.3) is 11.5 Å². The van der Waals surface area contributed by atoms with Crippen LogP contribution in [0.15, 0.2) is 29.1 Å². The lowest BCUT2D eigenvalue weighted by Gasteiger charge is -2.33. The molecule has 1 aliphatic heterocycles. The van der Waals surface area contributed by atoms with Crippen molar-refractivity contribution >= 4 is 16.7 Å². The van der Waals surface area contributed by atoms with Crippen molar-refractivity contribution in [2.45, 2.75) is 20.0 Å². The highest BCUT2D eigenvalue weighted by molar-refractivity contribution is 6.04. The molecule has 2 heterocycles. The summed E-state index contributed by atoms with van der Waals surface area (Å²) in [6, 6.07) is 6.96. The zero-order valence-corrected chi connectivity index (χ0v) is 14.6. The van der Waals surface area contributed by atoms with Crippen LogP contribution in [0, 0.1) is 5.92 Å². The van der Waals surface area contributed by atoms with Crippen molar-refractivity contribution in [2.75, 3.05) is 32.8 Å². The maximum absolute atomic E-state index is 12.5. The van der Waals surface area contributed by atoms with Crippen molar-refractivity contribution in [3.05, 3.63) is 40.3 Å². The van der Waals surface area contributed by atoms with E-state index in [-0.39, 0.29) is 23.3 Å². The van der Waals surface area contributed by atoms with Crippen LogP contribution >= 0.6 is 0 Å². The lowest BCUT2D eigenvalue weighted by molar-refractivity contribution is -0.0295. The first-order valence-electron chi connectivity index (χ1n) is 8.64. The lowest BCUT2D eigenvalue weighted by Crippen LogP contribution is -2.48. The Morgan fingerprint density at radius 1 is 1.40 bits per heavy atom. The Morgan fingerprint density at radius 3 is 2.92 bits per heavy atom. The molecule has 3 rings (SSSR count). The van der Waals surface area contributed by atoms with Crippen LogP contribution in [0.4, 0.5) is 0 Å². The normalized spacial score (nSPS) is 18.6. The highest BCUT2D eigenvalue weighted by atomic mass is 16.5. The minimum Gasteiger partial charge on any atom is -0.374 e. The number of aromatic nitrogens is 2. The zero-order chi connectivity index (χ0) is 17.8. The fourth-order valence-electron chi connectivity index (χ4n) is 3.16. The fourth-order valence-corrected chi connectivity index (χ4v) is 3.16. The van der Waals surface area contributed by atoms with Crippen LogP contribution in [0.1, 0.15) is 24.3 Å². The van der Waals surface area contributed by atoms with Crippen LogP contribution < -0.4 is 10.9 Å². The van der Waals surface area contributed by atoms with Gasteiger partial charge in [-0.05, 0) is 12.0 Å². The molecule has 1 aromatic heterocycles. The summed E-state index contributed by atoms with van der Waals surface area (Å²) < 4.78 is 5.75. The number of rotatable bonds is 5. The molecule has 134 valence electrons. The Bertz CT molecular complexity index is 802. The monoisotopic (exact) mass is 344 g/mol. The molecule has 2 aromatic rings. The quantitative estimate of drug-likeness (QED) is 0.845. The number of H-pyrrole nitrogens is 1. The maximum atomic E-state index is 12.5. The van der Waals surface area contributed by atoms with E-state index in [4.69, 9.17) is 4.74 Å². The molecule has 0 spiro atoms. The van der Waals surface area contributed by atoms with Gasteiger partial charge in [0.05, 0.1) is 18.1 Å². The first-order valence-corrected chi connectivity index (χ1v) is 8.64. The Balaban J connectivity index is 1.65. The number of hydrogen-bond acceptors (Lipinski definition) is 5. The summed E-state index contributed by atoms with van der Waals surface area (Å²) in [4.78, 5) is 26.7. The van der Waals surface area contributed by atoms with Gasteiger partial charge >= 0.3 is 0 Å². The topological polar surface area (TPSA) is 87.3 Å². The zero-order valence-electron chi connectivity index (χ0n) is 14.6. The molecule has 0 radical (unpaired) electrons. The molecule has 0 saturated carbocycles. The molecular weight excluding hydrogens is 320 g/mol. The molecule has 7 nitrogen and oxygen atoms in total. The Morgan fingerprint density at radius 2 is 2.16 bits per heavy atom. The standard InChI is InChI=1S/C18H24N4O3/c1-12(2)10-22-7-8-25-13(11-22)9-19-18(24)16-14-5-3-4-6-15(14)17(23)21-20-16/h3-6,12-13H,7-11H2,1-2H3,(H,19,24)(H,21,23). The number of nitrogens with zero attached hydrogens (tertiary/aromatic N) is 2. The summed E-state index contributed by atoms with van der Waals surface area (Å²) in [5.74, 6) is 0.294. The number of aromatic amines is 1. The first-order chi connectivity index (χ1) is 12.0.